The Balaban J connectivity index is 1.97. The van der Waals surface area contributed by atoms with Crippen LogP contribution in [0, 0.1) is 11.8 Å². The van der Waals surface area contributed by atoms with Crippen molar-refractivity contribution < 1.29 is 4.79 Å². The second-order valence-corrected chi connectivity index (χ2v) is 4.92. The maximum Gasteiger partial charge on any atom is 0.136 e. The Morgan fingerprint density at radius 1 is 1.60 bits per heavy atom. The highest BCUT2D eigenvalue weighted by atomic mass is 32.1. The summed E-state index contributed by atoms with van der Waals surface area (Å²) in [7, 11) is 0. The Hall–Kier alpha value is -0.770. The third-order valence-corrected chi connectivity index (χ3v) is 3.86. The standard InChI is InChI=1S/C11H16N2OS/c1-2-8-3-4-11(14)9(5-8)6-10-7-15-13-12-10/h7-9H,2-6H2,1H3. The van der Waals surface area contributed by atoms with Gasteiger partial charge in [-0.3, -0.25) is 4.79 Å². The molecule has 2 rings (SSSR count). The lowest BCUT2D eigenvalue weighted by Gasteiger charge is -2.26. The highest BCUT2D eigenvalue weighted by Gasteiger charge is 2.28. The lowest BCUT2D eigenvalue weighted by atomic mass is 9.77. The van der Waals surface area contributed by atoms with Gasteiger partial charge in [-0.15, -0.1) is 5.10 Å². The van der Waals surface area contributed by atoms with E-state index in [0.29, 0.717) is 5.78 Å². The molecule has 0 aromatic carbocycles. The Bertz CT molecular complexity index is 323. The van der Waals surface area contributed by atoms with E-state index in [1.54, 1.807) is 0 Å². The molecule has 1 heterocycles. The zero-order valence-corrected chi connectivity index (χ0v) is 9.80. The molecule has 82 valence electrons. The third-order valence-electron chi connectivity index (χ3n) is 3.31. The van der Waals surface area contributed by atoms with Crippen molar-refractivity contribution in [1.29, 1.82) is 0 Å². The molecule has 0 spiro atoms. The van der Waals surface area contributed by atoms with Crippen molar-refractivity contribution >= 4 is 17.3 Å². The van der Waals surface area contributed by atoms with Crippen LogP contribution in [0.1, 0.15) is 38.3 Å². The molecule has 15 heavy (non-hydrogen) atoms. The topological polar surface area (TPSA) is 42.9 Å². The van der Waals surface area contributed by atoms with Crippen LogP contribution < -0.4 is 0 Å². The molecule has 1 fully saturated rings. The normalized spacial score (nSPS) is 26.9. The maximum atomic E-state index is 11.7. The lowest BCUT2D eigenvalue weighted by molar-refractivity contribution is -0.125. The van der Waals surface area contributed by atoms with E-state index in [2.05, 4.69) is 16.5 Å². The number of rotatable bonds is 3. The summed E-state index contributed by atoms with van der Waals surface area (Å²) in [4.78, 5) is 11.7. The van der Waals surface area contributed by atoms with Crippen molar-refractivity contribution in [3.05, 3.63) is 11.1 Å². The lowest BCUT2D eigenvalue weighted by Crippen LogP contribution is -2.26. The summed E-state index contributed by atoms with van der Waals surface area (Å²) in [5, 5.41) is 5.96. The average molecular weight is 224 g/mol. The molecule has 2 atom stereocenters. The molecule has 0 radical (unpaired) electrons. The molecule has 0 amide bonds. The van der Waals surface area contributed by atoms with E-state index in [1.807, 2.05) is 5.38 Å². The first-order valence-corrected chi connectivity index (χ1v) is 6.42. The monoisotopic (exact) mass is 224 g/mol. The van der Waals surface area contributed by atoms with Gasteiger partial charge in [-0.2, -0.15) is 0 Å². The summed E-state index contributed by atoms with van der Waals surface area (Å²) >= 11 is 1.36. The van der Waals surface area contributed by atoms with Gasteiger partial charge < -0.3 is 0 Å². The van der Waals surface area contributed by atoms with Gasteiger partial charge in [0.05, 0.1) is 5.69 Å². The Morgan fingerprint density at radius 3 is 3.13 bits per heavy atom. The minimum absolute atomic E-state index is 0.201. The molecule has 1 saturated carbocycles. The van der Waals surface area contributed by atoms with Gasteiger partial charge in [-0.25, -0.2) is 0 Å². The second-order valence-electron chi connectivity index (χ2n) is 4.31. The molecule has 0 saturated heterocycles. The summed E-state index contributed by atoms with van der Waals surface area (Å²) < 4.78 is 3.83. The van der Waals surface area contributed by atoms with Gasteiger partial charge in [-0.1, -0.05) is 17.8 Å². The molecule has 1 aromatic heterocycles. The SMILES string of the molecule is CCC1CCC(=O)C(Cc2csnn2)C1. The first kappa shape index (κ1) is 10.7. The predicted molar refractivity (Wildman–Crippen MR) is 59.7 cm³/mol. The van der Waals surface area contributed by atoms with Gasteiger partial charge in [-0.05, 0) is 30.3 Å². The van der Waals surface area contributed by atoms with Crippen LogP contribution in [-0.2, 0) is 11.2 Å². The number of aromatic nitrogens is 2. The van der Waals surface area contributed by atoms with Crippen LogP contribution in [0.25, 0.3) is 0 Å². The first-order chi connectivity index (χ1) is 7.29. The van der Waals surface area contributed by atoms with Crippen LogP contribution in [0.2, 0.25) is 0 Å². The smallest absolute Gasteiger partial charge is 0.136 e. The second kappa shape index (κ2) is 4.84. The van der Waals surface area contributed by atoms with E-state index in [4.69, 9.17) is 0 Å². The number of carbonyl (C=O) groups excluding carboxylic acids is 1. The van der Waals surface area contributed by atoms with E-state index in [0.717, 1.165) is 37.3 Å². The van der Waals surface area contributed by atoms with Crippen molar-refractivity contribution in [3.63, 3.8) is 0 Å². The minimum Gasteiger partial charge on any atom is -0.299 e. The molecular weight excluding hydrogens is 208 g/mol. The van der Waals surface area contributed by atoms with Crippen LogP contribution in [0.5, 0.6) is 0 Å². The zero-order chi connectivity index (χ0) is 10.7. The molecule has 2 unspecified atom stereocenters. The quantitative estimate of drug-likeness (QED) is 0.792. The van der Waals surface area contributed by atoms with Gasteiger partial charge >= 0.3 is 0 Å². The summed E-state index contributed by atoms with van der Waals surface area (Å²) in [6, 6.07) is 0. The number of Topliss-reactive ketones (excluding diaryl/α,β-unsaturated/α-hetero) is 1. The predicted octanol–water partition coefficient (Wildman–Crippen LogP) is 2.48. The summed E-state index contributed by atoms with van der Waals surface area (Å²) in [6.07, 6.45) is 4.89. The molecule has 4 heteroatoms. The molecule has 1 aliphatic rings. The Morgan fingerprint density at radius 2 is 2.47 bits per heavy atom. The number of hydrogen-bond acceptors (Lipinski definition) is 4. The molecule has 0 N–H and O–H groups in total. The fraction of sp³-hybridized carbons (Fsp3) is 0.727. The Kier molecular flexibility index (Phi) is 3.46. The van der Waals surface area contributed by atoms with E-state index >= 15 is 0 Å². The Labute approximate surface area is 94.1 Å². The summed E-state index contributed by atoms with van der Waals surface area (Å²) in [6.45, 7) is 2.21. The van der Waals surface area contributed by atoms with Crippen LogP contribution in [-0.4, -0.2) is 15.4 Å². The van der Waals surface area contributed by atoms with Crippen molar-refractivity contribution in [2.45, 2.75) is 39.0 Å². The number of nitrogens with zero attached hydrogens (tertiary/aromatic N) is 2. The van der Waals surface area contributed by atoms with Crippen molar-refractivity contribution in [3.8, 4) is 0 Å². The van der Waals surface area contributed by atoms with Crippen LogP contribution in [0.3, 0.4) is 0 Å². The van der Waals surface area contributed by atoms with Gasteiger partial charge in [0.2, 0.25) is 0 Å². The first-order valence-electron chi connectivity index (χ1n) is 5.58. The van der Waals surface area contributed by atoms with E-state index in [9.17, 15) is 4.79 Å². The molecule has 3 nitrogen and oxygen atoms in total. The summed E-state index contributed by atoms with van der Waals surface area (Å²) in [5.74, 6) is 1.36. The minimum atomic E-state index is 0.201. The molecule has 1 aromatic rings. The highest BCUT2D eigenvalue weighted by molar-refractivity contribution is 7.03. The average Bonchev–Trinajstić information content (AvgIpc) is 2.74. The van der Waals surface area contributed by atoms with Gasteiger partial charge in [0.1, 0.15) is 5.78 Å². The van der Waals surface area contributed by atoms with Crippen molar-refractivity contribution in [2.75, 3.05) is 0 Å². The number of ketones is 1. The number of hydrogen-bond donors (Lipinski definition) is 0. The van der Waals surface area contributed by atoms with Crippen LogP contribution >= 0.6 is 11.5 Å². The number of carbonyl (C=O) groups is 1. The third kappa shape index (κ3) is 2.62. The van der Waals surface area contributed by atoms with Crippen LogP contribution in [0.4, 0.5) is 0 Å². The maximum absolute atomic E-state index is 11.7. The van der Waals surface area contributed by atoms with Gasteiger partial charge in [0.25, 0.3) is 0 Å². The largest absolute Gasteiger partial charge is 0.299 e. The fourth-order valence-corrected chi connectivity index (χ4v) is 2.76. The van der Waals surface area contributed by atoms with Crippen molar-refractivity contribution in [2.24, 2.45) is 11.8 Å². The van der Waals surface area contributed by atoms with E-state index in [1.165, 1.54) is 18.0 Å². The molecular formula is C11H16N2OS. The molecule has 1 aliphatic carbocycles. The van der Waals surface area contributed by atoms with Gasteiger partial charge in [0.15, 0.2) is 0 Å². The van der Waals surface area contributed by atoms with Gasteiger partial charge in [0, 0.05) is 24.1 Å². The molecule has 0 aliphatic heterocycles. The summed E-state index contributed by atoms with van der Waals surface area (Å²) in [5.41, 5.74) is 0.982. The molecule has 0 bridgehead atoms. The van der Waals surface area contributed by atoms with Crippen LogP contribution in [0.15, 0.2) is 5.38 Å². The van der Waals surface area contributed by atoms with E-state index in [-0.39, 0.29) is 5.92 Å². The highest BCUT2D eigenvalue weighted by Crippen LogP contribution is 2.30. The fourth-order valence-electron chi connectivity index (χ4n) is 2.30. The zero-order valence-electron chi connectivity index (χ0n) is 8.98. The van der Waals surface area contributed by atoms with E-state index < -0.39 is 0 Å². The van der Waals surface area contributed by atoms with Crippen molar-refractivity contribution in [1.82, 2.24) is 9.59 Å².